The summed E-state index contributed by atoms with van der Waals surface area (Å²) < 4.78 is 5.31. The third-order valence-corrected chi connectivity index (χ3v) is 3.68. The number of para-hydroxylation sites is 1. The van der Waals surface area contributed by atoms with Crippen LogP contribution in [0.2, 0.25) is 0 Å². The van der Waals surface area contributed by atoms with Gasteiger partial charge in [0.15, 0.2) is 0 Å². The zero-order valence-electron chi connectivity index (χ0n) is 11.5. The van der Waals surface area contributed by atoms with Crippen molar-refractivity contribution in [2.24, 2.45) is 5.92 Å². The van der Waals surface area contributed by atoms with E-state index in [1.165, 1.54) is 0 Å². The maximum atomic E-state index is 12.5. The summed E-state index contributed by atoms with van der Waals surface area (Å²) in [5.74, 6) is 0.340. The Bertz CT molecular complexity index is 428. The van der Waals surface area contributed by atoms with Gasteiger partial charge in [-0.25, -0.2) is 0 Å². The molecule has 1 aliphatic rings. The minimum Gasteiger partial charge on any atom is -0.398 e. The number of nitrogens with two attached hydrogens (primary N) is 1. The van der Waals surface area contributed by atoms with Crippen LogP contribution in [0.5, 0.6) is 0 Å². The smallest absolute Gasteiger partial charge is 0.226 e. The van der Waals surface area contributed by atoms with E-state index in [2.05, 4.69) is 0 Å². The summed E-state index contributed by atoms with van der Waals surface area (Å²) in [6, 6.07) is 7.73. The summed E-state index contributed by atoms with van der Waals surface area (Å²) in [6.07, 6.45) is 1.67. The first-order valence-corrected chi connectivity index (χ1v) is 6.92. The first kappa shape index (κ1) is 13.9. The van der Waals surface area contributed by atoms with Gasteiger partial charge in [-0.1, -0.05) is 18.2 Å². The van der Waals surface area contributed by atoms with E-state index in [-0.39, 0.29) is 11.8 Å². The van der Waals surface area contributed by atoms with Gasteiger partial charge in [-0.3, -0.25) is 4.79 Å². The molecule has 0 unspecified atom stereocenters. The van der Waals surface area contributed by atoms with Crippen molar-refractivity contribution < 1.29 is 9.53 Å². The van der Waals surface area contributed by atoms with Gasteiger partial charge in [-0.2, -0.15) is 0 Å². The minimum absolute atomic E-state index is 0.110. The molecule has 1 heterocycles. The highest BCUT2D eigenvalue weighted by Crippen LogP contribution is 2.20. The number of hydrogen-bond donors (Lipinski definition) is 1. The second kappa shape index (κ2) is 6.57. The zero-order chi connectivity index (χ0) is 13.7. The van der Waals surface area contributed by atoms with E-state index in [0.717, 1.165) is 24.1 Å². The molecule has 4 heteroatoms. The lowest BCUT2D eigenvalue weighted by atomic mass is 9.98. The quantitative estimate of drug-likeness (QED) is 0.845. The highest BCUT2D eigenvalue weighted by Gasteiger charge is 2.25. The SMILES string of the molecule is CCN(Cc1ccccc1N)C(=O)C1CCOCC1. The molecule has 4 nitrogen and oxygen atoms in total. The van der Waals surface area contributed by atoms with Crippen LogP contribution in [0.1, 0.15) is 25.3 Å². The van der Waals surface area contributed by atoms with E-state index in [4.69, 9.17) is 10.5 Å². The van der Waals surface area contributed by atoms with Crippen molar-refractivity contribution >= 4 is 11.6 Å². The van der Waals surface area contributed by atoms with E-state index in [0.29, 0.717) is 26.3 Å². The van der Waals surface area contributed by atoms with Gasteiger partial charge in [0.1, 0.15) is 0 Å². The maximum absolute atomic E-state index is 12.5. The van der Waals surface area contributed by atoms with E-state index in [1.54, 1.807) is 0 Å². The van der Waals surface area contributed by atoms with E-state index < -0.39 is 0 Å². The van der Waals surface area contributed by atoms with Gasteiger partial charge in [0.2, 0.25) is 5.91 Å². The lowest BCUT2D eigenvalue weighted by molar-refractivity contribution is -0.138. The van der Waals surface area contributed by atoms with Crippen LogP contribution < -0.4 is 5.73 Å². The fourth-order valence-electron chi connectivity index (χ4n) is 2.43. The van der Waals surface area contributed by atoms with Gasteiger partial charge in [-0.15, -0.1) is 0 Å². The van der Waals surface area contributed by atoms with Crippen molar-refractivity contribution in [1.29, 1.82) is 0 Å². The fraction of sp³-hybridized carbons (Fsp3) is 0.533. The molecule has 0 aromatic heterocycles. The topological polar surface area (TPSA) is 55.6 Å². The summed E-state index contributed by atoms with van der Waals surface area (Å²) in [5.41, 5.74) is 7.71. The number of nitrogens with zero attached hydrogens (tertiary/aromatic N) is 1. The van der Waals surface area contributed by atoms with E-state index in [9.17, 15) is 4.79 Å². The molecule has 2 N–H and O–H groups in total. The lowest BCUT2D eigenvalue weighted by Gasteiger charge is -2.29. The Labute approximate surface area is 114 Å². The summed E-state index contributed by atoms with van der Waals surface area (Å²) >= 11 is 0. The lowest BCUT2D eigenvalue weighted by Crippen LogP contribution is -2.38. The van der Waals surface area contributed by atoms with Crippen LogP contribution in [-0.4, -0.2) is 30.6 Å². The molecular formula is C15H22N2O2. The van der Waals surface area contributed by atoms with E-state index >= 15 is 0 Å². The van der Waals surface area contributed by atoms with Gasteiger partial charge in [0.25, 0.3) is 0 Å². The molecule has 0 radical (unpaired) electrons. The van der Waals surface area contributed by atoms with Crippen LogP contribution in [0.15, 0.2) is 24.3 Å². The molecule has 2 rings (SSSR count). The number of carbonyl (C=O) groups is 1. The third kappa shape index (κ3) is 3.47. The van der Waals surface area contributed by atoms with Crippen LogP contribution in [0.25, 0.3) is 0 Å². The van der Waals surface area contributed by atoms with Crippen LogP contribution in [0.4, 0.5) is 5.69 Å². The van der Waals surface area contributed by atoms with Gasteiger partial charge < -0.3 is 15.4 Å². The minimum atomic E-state index is 0.110. The second-order valence-corrected chi connectivity index (χ2v) is 4.94. The van der Waals surface area contributed by atoms with Crippen LogP contribution in [-0.2, 0) is 16.1 Å². The summed E-state index contributed by atoms with van der Waals surface area (Å²) in [6.45, 7) is 4.71. The molecule has 0 atom stereocenters. The van der Waals surface area contributed by atoms with Crippen molar-refractivity contribution in [3.8, 4) is 0 Å². The van der Waals surface area contributed by atoms with Gasteiger partial charge in [-0.05, 0) is 31.4 Å². The number of nitrogen functional groups attached to an aromatic ring is 1. The Hall–Kier alpha value is -1.55. The molecule has 0 aliphatic carbocycles. The molecule has 1 aliphatic heterocycles. The summed E-state index contributed by atoms with van der Waals surface area (Å²) in [7, 11) is 0. The monoisotopic (exact) mass is 262 g/mol. The summed E-state index contributed by atoms with van der Waals surface area (Å²) in [4.78, 5) is 14.4. The molecule has 0 saturated carbocycles. The predicted octanol–water partition coefficient (Wildman–Crippen LogP) is 2.04. The normalized spacial score (nSPS) is 16.3. The Morgan fingerprint density at radius 3 is 2.68 bits per heavy atom. The van der Waals surface area contributed by atoms with Gasteiger partial charge in [0, 0.05) is 37.9 Å². The average molecular weight is 262 g/mol. The molecule has 1 aromatic rings. The molecule has 1 amide bonds. The third-order valence-electron chi connectivity index (χ3n) is 3.68. The summed E-state index contributed by atoms with van der Waals surface area (Å²) in [5, 5.41) is 0. The number of carbonyl (C=O) groups excluding carboxylic acids is 1. The molecule has 19 heavy (non-hydrogen) atoms. The Morgan fingerprint density at radius 1 is 1.37 bits per heavy atom. The van der Waals surface area contributed by atoms with Crippen molar-refractivity contribution in [3.63, 3.8) is 0 Å². The molecule has 0 bridgehead atoms. The highest BCUT2D eigenvalue weighted by atomic mass is 16.5. The number of hydrogen-bond acceptors (Lipinski definition) is 3. The van der Waals surface area contributed by atoms with Gasteiger partial charge in [0.05, 0.1) is 0 Å². The zero-order valence-corrected chi connectivity index (χ0v) is 11.5. The van der Waals surface area contributed by atoms with Gasteiger partial charge >= 0.3 is 0 Å². The van der Waals surface area contributed by atoms with Crippen molar-refractivity contribution in [2.75, 3.05) is 25.5 Å². The first-order valence-electron chi connectivity index (χ1n) is 6.92. The Kier molecular flexibility index (Phi) is 4.80. The maximum Gasteiger partial charge on any atom is 0.226 e. The number of rotatable bonds is 4. The number of benzene rings is 1. The molecule has 1 aromatic carbocycles. The molecule has 104 valence electrons. The van der Waals surface area contributed by atoms with Crippen LogP contribution in [0.3, 0.4) is 0 Å². The molecule has 1 saturated heterocycles. The largest absolute Gasteiger partial charge is 0.398 e. The predicted molar refractivity (Wildman–Crippen MR) is 75.5 cm³/mol. The number of amides is 1. The standard InChI is InChI=1S/C15H22N2O2/c1-2-17(11-13-5-3-4-6-14(13)16)15(18)12-7-9-19-10-8-12/h3-6,12H,2,7-11,16H2,1H3. The van der Waals surface area contributed by atoms with Crippen molar-refractivity contribution in [3.05, 3.63) is 29.8 Å². The van der Waals surface area contributed by atoms with E-state index in [1.807, 2.05) is 36.1 Å². The van der Waals surface area contributed by atoms with Crippen LogP contribution >= 0.6 is 0 Å². The fourth-order valence-corrected chi connectivity index (χ4v) is 2.43. The average Bonchev–Trinajstić information content (AvgIpc) is 2.47. The second-order valence-electron chi connectivity index (χ2n) is 4.94. The molecule has 0 spiro atoms. The molecule has 1 fully saturated rings. The van der Waals surface area contributed by atoms with Crippen molar-refractivity contribution in [1.82, 2.24) is 4.90 Å². The van der Waals surface area contributed by atoms with Crippen molar-refractivity contribution in [2.45, 2.75) is 26.3 Å². The first-order chi connectivity index (χ1) is 9.22. The number of ether oxygens (including phenoxy) is 1. The van der Waals surface area contributed by atoms with Crippen LogP contribution in [0, 0.1) is 5.92 Å². The Balaban J connectivity index is 2.03. The highest BCUT2D eigenvalue weighted by molar-refractivity contribution is 5.79. The number of anilines is 1. The molecular weight excluding hydrogens is 240 g/mol. The Morgan fingerprint density at radius 2 is 2.05 bits per heavy atom.